The number of nitriles is 1. The normalized spacial score (nSPS) is 11.1. The summed E-state index contributed by atoms with van der Waals surface area (Å²) in [5.41, 5.74) is 4.65. The van der Waals surface area contributed by atoms with Crippen LogP contribution in [0, 0.1) is 11.3 Å². The first-order valence-corrected chi connectivity index (χ1v) is 9.23. The second-order valence-electron chi connectivity index (χ2n) is 6.44. The van der Waals surface area contributed by atoms with Crippen molar-refractivity contribution in [2.75, 3.05) is 5.32 Å². The molecule has 3 aromatic carbocycles. The molecule has 29 heavy (non-hydrogen) atoms. The Kier molecular flexibility index (Phi) is 5.41. The summed E-state index contributed by atoms with van der Waals surface area (Å²) in [6.45, 7) is 0. The number of hydrogen-bond donors (Lipinski definition) is 1. The number of rotatable bonds is 5. The summed E-state index contributed by atoms with van der Waals surface area (Å²) in [4.78, 5) is 8.77. The lowest BCUT2D eigenvalue weighted by Gasteiger charge is -2.08. The number of fused-ring (bicyclic) bond motifs is 1. The minimum Gasteiger partial charge on any atom is -0.340 e. The van der Waals surface area contributed by atoms with Crippen molar-refractivity contribution in [2.45, 2.75) is 0 Å². The summed E-state index contributed by atoms with van der Waals surface area (Å²) in [7, 11) is 0. The number of nitrogens with one attached hydrogen (secondary N) is 1. The number of nitrogens with zero attached hydrogens (tertiary/aromatic N) is 3. The zero-order chi connectivity index (χ0) is 19.9. The summed E-state index contributed by atoms with van der Waals surface area (Å²) < 4.78 is 0. The van der Waals surface area contributed by atoms with Crippen molar-refractivity contribution >= 4 is 34.6 Å². The summed E-state index contributed by atoms with van der Waals surface area (Å²) >= 11 is 0. The number of allylic oxidation sites excluding steroid dienone is 2. The average Bonchev–Trinajstić information content (AvgIpc) is 2.78. The van der Waals surface area contributed by atoms with E-state index < -0.39 is 0 Å². The monoisotopic (exact) mass is 374 g/mol. The Balaban J connectivity index is 1.54. The average molecular weight is 374 g/mol. The number of para-hydroxylation sites is 1. The Morgan fingerprint density at radius 3 is 2.28 bits per heavy atom. The van der Waals surface area contributed by atoms with E-state index in [1.165, 1.54) is 0 Å². The third-order valence-corrected chi connectivity index (χ3v) is 4.42. The quantitative estimate of drug-likeness (QED) is 0.437. The number of aromatic nitrogens is 2. The van der Waals surface area contributed by atoms with Crippen LogP contribution in [0.3, 0.4) is 0 Å². The maximum atomic E-state index is 8.85. The molecule has 0 aliphatic rings. The highest BCUT2D eigenvalue weighted by Crippen LogP contribution is 2.24. The van der Waals surface area contributed by atoms with E-state index in [4.69, 9.17) is 5.26 Å². The van der Waals surface area contributed by atoms with Crippen LogP contribution in [0.1, 0.15) is 16.7 Å². The van der Waals surface area contributed by atoms with Gasteiger partial charge in [0.05, 0.1) is 17.1 Å². The smallest absolute Gasteiger partial charge is 0.141 e. The van der Waals surface area contributed by atoms with Gasteiger partial charge in [-0.15, -0.1) is 0 Å². The number of benzene rings is 3. The van der Waals surface area contributed by atoms with Crippen LogP contribution < -0.4 is 5.32 Å². The molecule has 0 saturated carbocycles. The van der Waals surface area contributed by atoms with Crippen LogP contribution in [0.25, 0.3) is 23.1 Å². The number of anilines is 2. The molecule has 4 rings (SSSR count). The minimum atomic E-state index is 0.663. The predicted octanol–water partition coefficient (Wildman–Crippen LogP) is 5.97. The fourth-order valence-corrected chi connectivity index (χ4v) is 2.94. The van der Waals surface area contributed by atoms with Gasteiger partial charge in [-0.2, -0.15) is 5.26 Å². The summed E-state index contributed by atoms with van der Waals surface area (Å²) in [6, 6.07) is 25.7. The van der Waals surface area contributed by atoms with Crippen molar-refractivity contribution in [3.05, 3.63) is 108 Å². The fourth-order valence-electron chi connectivity index (χ4n) is 2.94. The minimum absolute atomic E-state index is 0.663. The lowest BCUT2D eigenvalue weighted by Crippen LogP contribution is -1.95. The highest BCUT2D eigenvalue weighted by molar-refractivity contribution is 5.92. The molecule has 0 saturated heterocycles. The molecule has 0 fully saturated rings. The van der Waals surface area contributed by atoms with E-state index in [9.17, 15) is 0 Å². The van der Waals surface area contributed by atoms with E-state index in [-0.39, 0.29) is 0 Å². The summed E-state index contributed by atoms with van der Waals surface area (Å²) in [5, 5.41) is 13.2. The molecule has 4 nitrogen and oxygen atoms in total. The molecule has 1 aromatic heterocycles. The van der Waals surface area contributed by atoms with Crippen molar-refractivity contribution < 1.29 is 0 Å². The maximum Gasteiger partial charge on any atom is 0.141 e. The molecule has 1 N–H and O–H groups in total. The van der Waals surface area contributed by atoms with Gasteiger partial charge in [0, 0.05) is 11.1 Å². The zero-order valence-electron chi connectivity index (χ0n) is 15.7. The number of hydrogen-bond acceptors (Lipinski definition) is 4. The van der Waals surface area contributed by atoms with Gasteiger partial charge in [-0.05, 0) is 47.5 Å². The first-order valence-electron chi connectivity index (χ1n) is 9.23. The molecule has 0 bridgehead atoms. The van der Waals surface area contributed by atoms with E-state index in [2.05, 4.69) is 27.4 Å². The third-order valence-electron chi connectivity index (χ3n) is 4.42. The standard InChI is InChI=1S/C25H18N4/c26-17-21-12-10-19(11-13-21)6-4-5-7-20-14-15-24-23(16-20)25(28-18-27-24)29-22-8-2-1-3-9-22/h1-16,18H,(H,27,28,29)/b6-4+,7-5+. The van der Waals surface area contributed by atoms with Crippen molar-refractivity contribution in [3.8, 4) is 6.07 Å². The van der Waals surface area contributed by atoms with Crippen molar-refractivity contribution in [1.29, 1.82) is 5.26 Å². The molecule has 4 aromatic rings. The zero-order valence-corrected chi connectivity index (χ0v) is 15.7. The highest BCUT2D eigenvalue weighted by atomic mass is 15.0. The van der Waals surface area contributed by atoms with Crippen LogP contribution in [0.5, 0.6) is 0 Å². The second kappa shape index (κ2) is 8.64. The van der Waals surface area contributed by atoms with E-state index >= 15 is 0 Å². The Labute approximate surface area is 169 Å². The SMILES string of the molecule is N#Cc1ccc(/C=C/C=C/c2ccc3ncnc(Nc4ccccc4)c3c2)cc1. The molecule has 0 spiro atoms. The van der Waals surface area contributed by atoms with E-state index in [1.807, 2.05) is 91.0 Å². The van der Waals surface area contributed by atoms with Crippen LogP contribution in [-0.4, -0.2) is 9.97 Å². The van der Waals surface area contributed by atoms with Gasteiger partial charge >= 0.3 is 0 Å². The Hall–Kier alpha value is -4.23. The molecule has 0 radical (unpaired) electrons. The first-order chi connectivity index (χ1) is 14.3. The van der Waals surface area contributed by atoms with E-state index in [0.717, 1.165) is 33.5 Å². The van der Waals surface area contributed by atoms with E-state index in [1.54, 1.807) is 6.33 Å². The maximum absolute atomic E-state index is 8.85. The van der Waals surface area contributed by atoms with Gasteiger partial charge in [0.25, 0.3) is 0 Å². The summed E-state index contributed by atoms with van der Waals surface area (Å²) in [5.74, 6) is 0.782. The van der Waals surface area contributed by atoms with Gasteiger partial charge in [-0.3, -0.25) is 0 Å². The van der Waals surface area contributed by atoms with E-state index in [0.29, 0.717) is 5.56 Å². The molecule has 138 valence electrons. The highest BCUT2D eigenvalue weighted by Gasteiger charge is 2.04. The van der Waals surface area contributed by atoms with Gasteiger partial charge in [0.1, 0.15) is 12.1 Å². The lowest BCUT2D eigenvalue weighted by atomic mass is 10.1. The predicted molar refractivity (Wildman–Crippen MR) is 118 cm³/mol. The van der Waals surface area contributed by atoms with Crippen molar-refractivity contribution in [1.82, 2.24) is 9.97 Å². The van der Waals surface area contributed by atoms with Crippen LogP contribution >= 0.6 is 0 Å². The Bertz CT molecular complexity index is 1220. The van der Waals surface area contributed by atoms with Gasteiger partial charge in [0.2, 0.25) is 0 Å². The topological polar surface area (TPSA) is 61.6 Å². The van der Waals surface area contributed by atoms with Crippen molar-refractivity contribution in [2.24, 2.45) is 0 Å². The van der Waals surface area contributed by atoms with Crippen LogP contribution in [0.4, 0.5) is 11.5 Å². The van der Waals surface area contributed by atoms with Gasteiger partial charge in [-0.25, -0.2) is 9.97 Å². The molecule has 0 amide bonds. The molecule has 0 aliphatic carbocycles. The van der Waals surface area contributed by atoms with Crippen molar-refractivity contribution in [3.63, 3.8) is 0 Å². The molecular weight excluding hydrogens is 356 g/mol. The fraction of sp³-hybridized carbons (Fsp3) is 0. The molecule has 1 heterocycles. The molecular formula is C25H18N4. The first kappa shape index (κ1) is 18.1. The Morgan fingerprint density at radius 2 is 1.52 bits per heavy atom. The molecule has 0 unspecified atom stereocenters. The van der Waals surface area contributed by atoms with Gasteiger partial charge in [-0.1, -0.05) is 60.7 Å². The molecule has 0 aliphatic heterocycles. The summed E-state index contributed by atoms with van der Waals surface area (Å²) in [6.07, 6.45) is 9.59. The molecule has 0 atom stereocenters. The molecule has 4 heteroatoms. The Morgan fingerprint density at radius 1 is 0.793 bits per heavy atom. The second-order valence-corrected chi connectivity index (χ2v) is 6.44. The third kappa shape index (κ3) is 4.55. The largest absolute Gasteiger partial charge is 0.340 e. The lowest BCUT2D eigenvalue weighted by molar-refractivity contribution is 1.22. The van der Waals surface area contributed by atoms with Gasteiger partial charge in [0.15, 0.2) is 0 Å². The van der Waals surface area contributed by atoms with Crippen LogP contribution in [0.2, 0.25) is 0 Å². The van der Waals surface area contributed by atoms with Crippen LogP contribution in [0.15, 0.2) is 91.3 Å². The van der Waals surface area contributed by atoms with Crippen LogP contribution in [-0.2, 0) is 0 Å². The van der Waals surface area contributed by atoms with Gasteiger partial charge < -0.3 is 5.32 Å².